The van der Waals surface area contributed by atoms with Crippen LogP contribution in [0.3, 0.4) is 0 Å². The van der Waals surface area contributed by atoms with Crippen LogP contribution in [0.2, 0.25) is 0 Å². The zero-order valence-electron chi connectivity index (χ0n) is 15.4. The number of aliphatic imine (C=N–C) groups is 1. The lowest BCUT2D eigenvalue weighted by Crippen LogP contribution is -2.35. The van der Waals surface area contributed by atoms with E-state index in [-0.39, 0.29) is 17.4 Å². The Kier molecular flexibility index (Phi) is 6.97. The minimum absolute atomic E-state index is 0.0808. The lowest BCUT2D eigenvalue weighted by Gasteiger charge is -2.31. The van der Waals surface area contributed by atoms with Crippen LogP contribution < -0.4 is 4.74 Å². The monoisotopic (exact) mass is 394 g/mol. The van der Waals surface area contributed by atoms with Gasteiger partial charge < -0.3 is 9.47 Å². The SMILES string of the molecule is CSC1=C(C#N)[C@@H](c2ccccc2OC(F)F)C(C(=O)OC(C)C)C(C)=N1. The number of hydrogen-bond acceptors (Lipinski definition) is 6. The van der Waals surface area contributed by atoms with Gasteiger partial charge in [0.1, 0.15) is 16.7 Å². The molecule has 0 fully saturated rings. The van der Waals surface area contributed by atoms with Crippen LogP contribution in [-0.4, -0.2) is 30.7 Å². The van der Waals surface area contributed by atoms with Crippen molar-refractivity contribution < 1.29 is 23.0 Å². The molecular weight excluding hydrogens is 374 g/mol. The van der Waals surface area contributed by atoms with E-state index in [1.165, 1.54) is 17.8 Å². The van der Waals surface area contributed by atoms with Crippen LogP contribution in [0.5, 0.6) is 5.75 Å². The summed E-state index contributed by atoms with van der Waals surface area (Å²) < 4.78 is 35.7. The van der Waals surface area contributed by atoms with E-state index in [1.807, 2.05) is 0 Å². The molecule has 5 nitrogen and oxygen atoms in total. The molecule has 1 aromatic carbocycles. The standard InChI is InChI=1S/C19H20F2N2O3S/c1-10(2)25-18(24)15-11(3)23-17(27-4)13(9-22)16(15)12-7-5-6-8-14(12)26-19(20)21/h5-8,10,15-16,19H,1-4H3/t15?,16-/m1/s1. The summed E-state index contributed by atoms with van der Waals surface area (Å²) >= 11 is 1.26. The van der Waals surface area contributed by atoms with Crippen molar-refractivity contribution in [2.45, 2.75) is 39.4 Å². The van der Waals surface area contributed by atoms with Crippen LogP contribution in [0.1, 0.15) is 32.3 Å². The van der Waals surface area contributed by atoms with E-state index in [1.54, 1.807) is 45.2 Å². The number of halogens is 2. The van der Waals surface area contributed by atoms with Crippen molar-refractivity contribution in [2.75, 3.05) is 6.26 Å². The van der Waals surface area contributed by atoms with Crippen LogP contribution in [0, 0.1) is 17.2 Å². The van der Waals surface area contributed by atoms with Crippen LogP contribution in [0.25, 0.3) is 0 Å². The second-order valence-corrected chi connectivity index (χ2v) is 6.94. The van der Waals surface area contributed by atoms with Gasteiger partial charge >= 0.3 is 12.6 Å². The predicted molar refractivity (Wildman–Crippen MR) is 99.8 cm³/mol. The summed E-state index contributed by atoms with van der Waals surface area (Å²) in [6.45, 7) is 2.06. The third kappa shape index (κ3) is 4.66. The number of thioether (sulfide) groups is 1. The molecule has 1 aliphatic heterocycles. The zero-order valence-corrected chi connectivity index (χ0v) is 16.2. The second-order valence-electron chi connectivity index (χ2n) is 6.15. The minimum Gasteiger partial charge on any atom is -0.462 e. The smallest absolute Gasteiger partial charge is 0.387 e. The van der Waals surface area contributed by atoms with Gasteiger partial charge in [0.2, 0.25) is 0 Å². The quantitative estimate of drug-likeness (QED) is 0.664. The lowest BCUT2D eigenvalue weighted by atomic mass is 9.77. The van der Waals surface area contributed by atoms with E-state index in [0.29, 0.717) is 16.3 Å². The number of allylic oxidation sites excluding steroid dienone is 1. The van der Waals surface area contributed by atoms with Gasteiger partial charge in [-0.05, 0) is 33.1 Å². The normalized spacial score (nSPS) is 19.7. The van der Waals surface area contributed by atoms with Gasteiger partial charge in [0.05, 0.1) is 17.7 Å². The molecule has 144 valence electrons. The summed E-state index contributed by atoms with van der Waals surface area (Å²) in [7, 11) is 0. The number of benzene rings is 1. The van der Waals surface area contributed by atoms with E-state index in [9.17, 15) is 18.8 Å². The van der Waals surface area contributed by atoms with Gasteiger partial charge in [0.25, 0.3) is 0 Å². The molecule has 1 heterocycles. The van der Waals surface area contributed by atoms with Crippen LogP contribution >= 0.6 is 11.8 Å². The largest absolute Gasteiger partial charge is 0.462 e. The fourth-order valence-corrected chi connectivity index (χ4v) is 3.62. The molecule has 0 aliphatic carbocycles. The van der Waals surface area contributed by atoms with E-state index in [2.05, 4.69) is 15.8 Å². The van der Waals surface area contributed by atoms with Gasteiger partial charge in [0.15, 0.2) is 0 Å². The number of carbonyl (C=O) groups excluding carboxylic acids is 1. The maximum atomic E-state index is 12.9. The van der Waals surface area contributed by atoms with Crippen LogP contribution in [0.15, 0.2) is 39.9 Å². The number of alkyl halides is 2. The van der Waals surface area contributed by atoms with Crippen LogP contribution in [-0.2, 0) is 9.53 Å². The Morgan fingerprint density at radius 1 is 1.33 bits per heavy atom. The lowest BCUT2D eigenvalue weighted by molar-refractivity contribution is -0.150. The molecule has 0 saturated heterocycles. The van der Waals surface area contributed by atoms with Gasteiger partial charge in [-0.2, -0.15) is 14.0 Å². The summed E-state index contributed by atoms with van der Waals surface area (Å²) in [5.41, 5.74) is 1.01. The topological polar surface area (TPSA) is 71.7 Å². The number of rotatable bonds is 6. The van der Waals surface area contributed by atoms with Gasteiger partial charge in [-0.3, -0.25) is 4.79 Å². The van der Waals surface area contributed by atoms with Crippen molar-refractivity contribution >= 4 is 23.4 Å². The molecule has 1 aromatic rings. The molecule has 27 heavy (non-hydrogen) atoms. The first kappa shape index (κ1) is 20.9. The van der Waals surface area contributed by atoms with Gasteiger partial charge in [0, 0.05) is 17.2 Å². The molecule has 0 bridgehead atoms. The first-order chi connectivity index (χ1) is 12.8. The fraction of sp³-hybridized carbons (Fsp3) is 0.421. The Balaban J connectivity index is 2.66. The number of nitriles is 1. The fourth-order valence-electron chi connectivity index (χ4n) is 2.99. The molecule has 1 unspecified atom stereocenters. The molecule has 0 aromatic heterocycles. The molecule has 1 aliphatic rings. The highest BCUT2D eigenvalue weighted by Gasteiger charge is 2.42. The Bertz CT molecular complexity index is 815. The molecule has 0 N–H and O–H groups in total. The molecule has 0 saturated carbocycles. The summed E-state index contributed by atoms with van der Waals surface area (Å²) in [6.07, 6.45) is 1.39. The highest BCUT2D eigenvalue weighted by Crippen LogP contribution is 2.44. The number of carbonyl (C=O) groups is 1. The Labute approximate surface area is 161 Å². The maximum Gasteiger partial charge on any atom is 0.387 e. The first-order valence-electron chi connectivity index (χ1n) is 8.27. The molecule has 0 spiro atoms. The minimum atomic E-state index is -3.03. The van der Waals surface area contributed by atoms with Gasteiger partial charge in [-0.1, -0.05) is 18.2 Å². The number of para-hydroxylation sites is 1. The predicted octanol–water partition coefficient (Wildman–Crippen LogP) is 4.51. The van der Waals surface area contributed by atoms with Crippen molar-refractivity contribution in [3.63, 3.8) is 0 Å². The molecule has 0 radical (unpaired) electrons. The summed E-state index contributed by atoms with van der Waals surface area (Å²) in [4.78, 5) is 17.1. The third-order valence-corrected chi connectivity index (χ3v) is 4.69. The Hall–Kier alpha value is -2.40. The number of ether oxygens (including phenoxy) is 2. The highest BCUT2D eigenvalue weighted by molar-refractivity contribution is 8.02. The number of hydrogen-bond donors (Lipinski definition) is 0. The van der Waals surface area contributed by atoms with Crippen molar-refractivity contribution in [3.05, 3.63) is 40.4 Å². The average molecular weight is 394 g/mol. The van der Waals surface area contributed by atoms with Crippen LogP contribution in [0.4, 0.5) is 8.78 Å². The second kappa shape index (κ2) is 9.00. The summed E-state index contributed by atoms with van der Waals surface area (Å²) in [5, 5.41) is 10.2. The van der Waals surface area contributed by atoms with Crippen molar-refractivity contribution in [3.8, 4) is 11.8 Å². The van der Waals surface area contributed by atoms with Crippen molar-refractivity contribution in [2.24, 2.45) is 10.9 Å². The maximum absolute atomic E-state index is 12.9. The van der Waals surface area contributed by atoms with E-state index < -0.39 is 24.4 Å². The molecule has 2 atom stereocenters. The molecule has 2 rings (SSSR count). The summed E-state index contributed by atoms with van der Waals surface area (Å²) in [5.74, 6) is -2.37. The number of esters is 1. The molecular formula is C19H20F2N2O3S. The molecule has 0 amide bonds. The average Bonchev–Trinajstić information content (AvgIpc) is 2.59. The van der Waals surface area contributed by atoms with Crippen molar-refractivity contribution in [1.82, 2.24) is 0 Å². The Morgan fingerprint density at radius 2 is 2.00 bits per heavy atom. The van der Waals surface area contributed by atoms with E-state index in [0.717, 1.165) is 0 Å². The summed E-state index contributed by atoms with van der Waals surface area (Å²) in [6, 6.07) is 8.26. The molecule has 8 heteroatoms. The number of nitrogens with zero attached hydrogens (tertiary/aromatic N) is 2. The van der Waals surface area contributed by atoms with Gasteiger partial charge in [-0.25, -0.2) is 4.99 Å². The van der Waals surface area contributed by atoms with E-state index >= 15 is 0 Å². The first-order valence-corrected chi connectivity index (χ1v) is 9.50. The third-order valence-electron chi connectivity index (χ3n) is 3.99. The Morgan fingerprint density at radius 3 is 2.56 bits per heavy atom. The van der Waals surface area contributed by atoms with E-state index in [4.69, 9.17) is 4.74 Å². The zero-order chi connectivity index (χ0) is 20.1. The van der Waals surface area contributed by atoms with Crippen molar-refractivity contribution in [1.29, 1.82) is 5.26 Å². The van der Waals surface area contributed by atoms with Gasteiger partial charge in [-0.15, -0.1) is 11.8 Å². The highest BCUT2D eigenvalue weighted by atomic mass is 32.2.